The Balaban J connectivity index is 1.59. The van der Waals surface area contributed by atoms with Gasteiger partial charge in [0.2, 0.25) is 5.78 Å². The van der Waals surface area contributed by atoms with Gasteiger partial charge in [-0.25, -0.2) is 13.8 Å². The second kappa shape index (κ2) is 6.75. The van der Waals surface area contributed by atoms with Crippen LogP contribution in [0.3, 0.4) is 0 Å². The van der Waals surface area contributed by atoms with Crippen LogP contribution in [0.4, 0.5) is 8.78 Å². The van der Waals surface area contributed by atoms with E-state index >= 15 is 0 Å². The molecule has 1 aromatic carbocycles. The van der Waals surface area contributed by atoms with Crippen LogP contribution in [-0.2, 0) is 0 Å². The molecule has 5 rings (SSSR count). The molecule has 0 unspecified atom stereocenters. The van der Waals surface area contributed by atoms with Gasteiger partial charge in [0.1, 0.15) is 23.0 Å². The fraction of sp³-hybridized carbons (Fsp3) is 0. The molecule has 0 spiro atoms. The van der Waals surface area contributed by atoms with Crippen molar-refractivity contribution in [3.8, 4) is 21.0 Å². The van der Waals surface area contributed by atoms with Crippen molar-refractivity contribution >= 4 is 28.2 Å². The van der Waals surface area contributed by atoms with Gasteiger partial charge in [-0.2, -0.15) is 5.10 Å². The summed E-state index contributed by atoms with van der Waals surface area (Å²) >= 11 is 1.53. The summed E-state index contributed by atoms with van der Waals surface area (Å²) in [5.74, 6) is -2.70. The predicted molar refractivity (Wildman–Crippen MR) is 106 cm³/mol. The van der Waals surface area contributed by atoms with Gasteiger partial charge in [0.15, 0.2) is 0 Å². The molecule has 0 saturated carbocycles. The van der Waals surface area contributed by atoms with Gasteiger partial charge in [0, 0.05) is 46.0 Å². The van der Waals surface area contributed by atoms with Gasteiger partial charge >= 0.3 is 0 Å². The van der Waals surface area contributed by atoms with Gasteiger partial charge in [-0.15, -0.1) is 11.3 Å². The largest absolute Gasteiger partial charge is 0.345 e. The highest BCUT2D eigenvalue weighted by Gasteiger charge is 2.22. The Bertz CT molecular complexity index is 1330. The fourth-order valence-electron chi connectivity index (χ4n) is 3.15. The van der Waals surface area contributed by atoms with Gasteiger partial charge in [-0.05, 0) is 36.4 Å². The van der Waals surface area contributed by atoms with E-state index in [1.165, 1.54) is 17.5 Å². The molecule has 2 N–H and O–H groups in total. The second-order valence-electron chi connectivity index (χ2n) is 6.29. The lowest BCUT2D eigenvalue weighted by atomic mass is 10.0. The lowest BCUT2D eigenvalue weighted by Crippen LogP contribution is -2.07. The first-order valence-electron chi connectivity index (χ1n) is 8.59. The number of H-pyrrole nitrogens is 2. The summed E-state index contributed by atoms with van der Waals surface area (Å²) in [6.45, 7) is 0. The number of aromatic nitrogens is 4. The van der Waals surface area contributed by atoms with E-state index in [0.717, 1.165) is 33.1 Å². The minimum absolute atomic E-state index is 0.149. The maximum atomic E-state index is 14.1. The number of ketones is 1. The summed E-state index contributed by atoms with van der Waals surface area (Å²) < 4.78 is 28.1. The van der Waals surface area contributed by atoms with Gasteiger partial charge in [0.05, 0.1) is 10.4 Å². The van der Waals surface area contributed by atoms with Crippen molar-refractivity contribution in [1.82, 2.24) is 20.2 Å². The molecule has 141 valence electrons. The quantitative estimate of drug-likeness (QED) is 0.414. The van der Waals surface area contributed by atoms with Crippen LogP contribution in [0.2, 0.25) is 0 Å². The fourth-order valence-corrected chi connectivity index (χ4v) is 4.10. The first-order chi connectivity index (χ1) is 14.1. The summed E-state index contributed by atoms with van der Waals surface area (Å²) in [6.07, 6.45) is 4.85. The Morgan fingerprint density at radius 3 is 2.79 bits per heavy atom. The molecule has 5 aromatic rings. The summed E-state index contributed by atoms with van der Waals surface area (Å²) in [5.41, 5.74) is 1.60. The number of carbonyl (C=O) groups is 1. The number of hydrogen-bond donors (Lipinski definition) is 2. The van der Waals surface area contributed by atoms with Crippen LogP contribution in [0.5, 0.6) is 0 Å². The van der Waals surface area contributed by atoms with Crippen molar-refractivity contribution in [2.75, 3.05) is 0 Å². The third kappa shape index (κ3) is 2.94. The standard InChI is InChI=1S/C21H11F2N4OS/c22-14-2-1-3-15(23)19(14)20(28)13-10-25-21-12(13)8-11(9-24-21)17-4-5-18(29-17)16-6-7-26-27-16/h1-2,4-10H,(H,24,25)(H,26,27). The number of benzene rings is 1. The topological polar surface area (TPSA) is 74.4 Å². The Morgan fingerprint density at radius 1 is 1.14 bits per heavy atom. The van der Waals surface area contributed by atoms with E-state index < -0.39 is 23.0 Å². The van der Waals surface area contributed by atoms with Crippen LogP contribution >= 0.6 is 11.3 Å². The highest BCUT2D eigenvalue weighted by Crippen LogP contribution is 2.35. The molecule has 5 nitrogen and oxygen atoms in total. The SMILES string of the molecule is O=C(c1c(F)[c]ccc1F)c1c[nH]c2ncc(-c3ccc(-c4cc[nH]n4)s3)cc12. The number of fused-ring (bicyclic) bond motifs is 1. The molecule has 0 bridgehead atoms. The number of halogens is 2. The Kier molecular flexibility index (Phi) is 4.06. The van der Waals surface area contributed by atoms with Crippen LogP contribution < -0.4 is 0 Å². The van der Waals surface area contributed by atoms with E-state index in [-0.39, 0.29) is 5.56 Å². The van der Waals surface area contributed by atoms with Crippen LogP contribution in [-0.4, -0.2) is 25.9 Å². The van der Waals surface area contributed by atoms with Crippen molar-refractivity contribution in [1.29, 1.82) is 0 Å². The van der Waals surface area contributed by atoms with Crippen molar-refractivity contribution < 1.29 is 13.6 Å². The van der Waals surface area contributed by atoms with Crippen molar-refractivity contribution in [3.63, 3.8) is 0 Å². The third-order valence-corrected chi connectivity index (χ3v) is 5.70. The van der Waals surface area contributed by atoms with E-state index in [2.05, 4.69) is 26.2 Å². The number of nitrogens with zero attached hydrogens (tertiary/aromatic N) is 2. The minimum atomic E-state index is -1.02. The van der Waals surface area contributed by atoms with E-state index in [1.54, 1.807) is 18.5 Å². The van der Waals surface area contributed by atoms with Gasteiger partial charge in [0.25, 0.3) is 0 Å². The Hall–Kier alpha value is -3.65. The van der Waals surface area contributed by atoms with Crippen LogP contribution in [0.1, 0.15) is 15.9 Å². The lowest BCUT2D eigenvalue weighted by molar-refractivity contribution is 0.103. The lowest BCUT2D eigenvalue weighted by Gasteiger charge is -2.04. The highest BCUT2D eigenvalue weighted by atomic mass is 32.1. The zero-order chi connectivity index (χ0) is 20.0. The molecule has 0 aliphatic rings. The van der Waals surface area contributed by atoms with E-state index in [4.69, 9.17) is 0 Å². The first-order valence-corrected chi connectivity index (χ1v) is 9.41. The van der Waals surface area contributed by atoms with E-state index in [0.29, 0.717) is 11.0 Å². The molecule has 0 fully saturated rings. The summed E-state index contributed by atoms with van der Waals surface area (Å²) in [6, 6.07) is 11.9. The van der Waals surface area contributed by atoms with Crippen LogP contribution in [0.25, 0.3) is 32.0 Å². The Labute approximate surface area is 167 Å². The number of carbonyl (C=O) groups excluding carboxylic acids is 1. The summed E-state index contributed by atoms with van der Waals surface area (Å²) in [4.78, 5) is 22.0. The highest BCUT2D eigenvalue weighted by molar-refractivity contribution is 7.18. The number of aromatic amines is 2. The minimum Gasteiger partial charge on any atom is -0.345 e. The normalized spacial score (nSPS) is 11.2. The molecule has 0 amide bonds. The van der Waals surface area contributed by atoms with Crippen LogP contribution in [0, 0.1) is 17.7 Å². The average Bonchev–Trinajstić information content (AvgIpc) is 3.46. The molecule has 29 heavy (non-hydrogen) atoms. The molecule has 1 radical (unpaired) electrons. The predicted octanol–water partition coefficient (Wildman–Crippen LogP) is 4.99. The van der Waals surface area contributed by atoms with Gasteiger partial charge in [-0.1, -0.05) is 0 Å². The maximum Gasteiger partial charge on any atom is 0.201 e. The zero-order valence-corrected chi connectivity index (χ0v) is 15.5. The summed E-state index contributed by atoms with van der Waals surface area (Å²) in [5, 5.41) is 7.44. The maximum absolute atomic E-state index is 14.1. The molecule has 0 aliphatic carbocycles. The van der Waals surface area contributed by atoms with Crippen molar-refractivity contribution in [2.45, 2.75) is 0 Å². The smallest absolute Gasteiger partial charge is 0.201 e. The number of rotatable bonds is 4. The van der Waals surface area contributed by atoms with Gasteiger partial charge < -0.3 is 4.98 Å². The first kappa shape index (κ1) is 17.4. The van der Waals surface area contributed by atoms with Gasteiger partial charge in [-0.3, -0.25) is 9.89 Å². The molecule has 0 atom stereocenters. The van der Waals surface area contributed by atoms with Crippen molar-refractivity contribution in [3.05, 3.63) is 83.8 Å². The van der Waals surface area contributed by atoms with E-state index in [1.807, 2.05) is 18.2 Å². The average molecular weight is 405 g/mol. The summed E-state index contributed by atoms with van der Waals surface area (Å²) in [7, 11) is 0. The Morgan fingerprint density at radius 2 is 2.00 bits per heavy atom. The molecular formula is C21H11F2N4OS. The van der Waals surface area contributed by atoms with Crippen LogP contribution in [0.15, 0.2) is 55.0 Å². The van der Waals surface area contributed by atoms with E-state index in [9.17, 15) is 13.6 Å². The number of hydrogen-bond acceptors (Lipinski definition) is 4. The number of nitrogens with one attached hydrogen (secondary N) is 2. The molecular weight excluding hydrogens is 394 g/mol. The number of thiophene rings is 1. The third-order valence-electron chi connectivity index (χ3n) is 4.54. The molecule has 0 aliphatic heterocycles. The monoisotopic (exact) mass is 405 g/mol. The second-order valence-corrected chi connectivity index (χ2v) is 7.37. The zero-order valence-electron chi connectivity index (χ0n) is 14.7. The molecule has 0 saturated heterocycles. The molecule has 4 heterocycles. The number of pyridine rings is 1. The molecule has 8 heteroatoms. The van der Waals surface area contributed by atoms with Crippen molar-refractivity contribution in [2.24, 2.45) is 0 Å². The molecule has 4 aromatic heterocycles.